The molecule has 5 nitrogen and oxygen atoms in total. The van der Waals surface area contributed by atoms with E-state index in [1.165, 1.54) is 30.4 Å². The van der Waals surface area contributed by atoms with Crippen molar-refractivity contribution < 1.29 is 9.59 Å². The van der Waals surface area contributed by atoms with Gasteiger partial charge in [0.25, 0.3) is 0 Å². The number of aryl methyl sites for hydroxylation is 1. The number of benzene rings is 2. The molecule has 1 heterocycles. The lowest BCUT2D eigenvalue weighted by atomic mass is 9.95. The number of hydrogen-bond acceptors (Lipinski definition) is 2. The molecule has 2 aromatic carbocycles. The van der Waals surface area contributed by atoms with E-state index in [0.29, 0.717) is 13.0 Å². The first-order valence-electron chi connectivity index (χ1n) is 11.6. The number of amides is 3. The summed E-state index contributed by atoms with van der Waals surface area (Å²) in [5.74, 6) is -0.00153. The quantitative estimate of drug-likeness (QED) is 0.677. The van der Waals surface area contributed by atoms with E-state index >= 15 is 0 Å². The normalized spacial score (nSPS) is 20.3. The highest BCUT2D eigenvalue weighted by atomic mass is 16.2. The fourth-order valence-corrected chi connectivity index (χ4v) is 4.83. The van der Waals surface area contributed by atoms with E-state index < -0.39 is 6.04 Å². The first-order chi connectivity index (χ1) is 15.2. The molecule has 4 rings (SSSR count). The fourth-order valence-electron chi connectivity index (χ4n) is 4.83. The second kappa shape index (κ2) is 10.5. The Morgan fingerprint density at radius 3 is 2.29 bits per heavy atom. The third-order valence-corrected chi connectivity index (χ3v) is 6.51. The van der Waals surface area contributed by atoms with Crippen LogP contribution >= 0.6 is 0 Å². The maximum absolute atomic E-state index is 13.3. The van der Waals surface area contributed by atoms with E-state index in [4.69, 9.17) is 0 Å². The summed E-state index contributed by atoms with van der Waals surface area (Å²) >= 11 is 0. The number of hydrogen-bond donors (Lipinski definition) is 2. The van der Waals surface area contributed by atoms with Gasteiger partial charge in [-0.1, -0.05) is 79.9 Å². The van der Waals surface area contributed by atoms with Crippen LogP contribution in [0.15, 0.2) is 60.7 Å². The topological polar surface area (TPSA) is 61.4 Å². The fraction of sp³-hybridized carbons (Fsp3) is 0.462. The van der Waals surface area contributed by atoms with E-state index in [-0.39, 0.29) is 24.0 Å². The number of carbonyl (C=O) groups excluding carboxylic acids is 2. The lowest BCUT2D eigenvalue weighted by Crippen LogP contribution is -2.51. The minimum Gasteiger partial charge on any atom is -0.352 e. The number of carbonyl (C=O) groups is 2. The Labute approximate surface area is 185 Å². The number of nitrogens with zero attached hydrogens (tertiary/aromatic N) is 1. The summed E-state index contributed by atoms with van der Waals surface area (Å²) in [5, 5.41) is 6.35. The molecule has 0 spiro atoms. The monoisotopic (exact) mass is 419 g/mol. The van der Waals surface area contributed by atoms with E-state index in [1.807, 2.05) is 36.4 Å². The summed E-state index contributed by atoms with van der Waals surface area (Å²) in [6, 6.07) is 20.1. The second-order valence-corrected chi connectivity index (χ2v) is 8.87. The van der Waals surface area contributed by atoms with Gasteiger partial charge >= 0.3 is 6.03 Å². The first-order valence-corrected chi connectivity index (χ1v) is 11.6. The molecule has 0 radical (unpaired) electrons. The van der Waals surface area contributed by atoms with Crippen LogP contribution < -0.4 is 10.6 Å². The maximum atomic E-state index is 13.3. The number of nitrogens with one attached hydrogen (secondary N) is 2. The van der Waals surface area contributed by atoms with Crippen molar-refractivity contribution in [2.45, 2.75) is 69.5 Å². The molecule has 2 atom stereocenters. The SMILES string of the molecule is O=C(NC1CCCCC1)C(CCc1ccccc1)N1CC(Cc2ccccc2)NC1=O. The molecular formula is C26H33N3O2. The molecular weight excluding hydrogens is 386 g/mol. The van der Waals surface area contributed by atoms with E-state index in [9.17, 15) is 9.59 Å². The largest absolute Gasteiger partial charge is 0.352 e. The van der Waals surface area contributed by atoms with Crippen molar-refractivity contribution in [3.8, 4) is 0 Å². The standard InChI is InChI=1S/C26H33N3O2/c30-25(27-22-14-8-3-9-15-22)24(17-16-20-10-4-1-5-11-20)29-19-23(28-26(29)31)18-21-12-6-2-7-13-21/h1-2,4-7,10-13,22-24H,3,8-9,14-19H2,(H,27,30)(H,28,31). The lowest BCUT2D eigenvalue weighted by molar-refractivity contribution is -0.126. The van der Waals surface area contributed by atoms with Crippen molar-refractivity contribution in [1.29, 1.82) is 0 Å². The van der Waals surface area contributed by atoms with Crippen LogP contribution in [0.1, 0.15) is 49.7 Å². The number of rotatable bonds is 8. The van der Waals surface area contributed by atoms with Crippen LogP contribution in [0.4, 0.5) is 4.79 Å². The molecule has 0 aromatic heterocycles. The molecule has 2 unspecified atom stereocenters. The Balaban J connectivity index is 1.44. The van der Waals surface area contributed by atoms with Crippen molar-refractivity contribution in [2.24, 2.45) is 0 Å². The van der Waals surface area contributed by atoms with Crippen LogP contribution in [0.3, 0.4) is 0 Å². The van der Waals surface area contributed by atoms with Crippen molar-refractivity contribution in [2.75, 3.05) is 6.54 Å². The molecule has 164 valence electrons. The predicted molar refractivity (Wildman–Crippen MR) is 123 cm³/mol. The van der Waals surface area contributed by atoms with Crippen LogP contribution in [0.2, 0.25) is 0 Å². The van der Waals surface area contributed by atoms with Gasteiger partial charge in [0.2, 0.25) is 5.91 Å². The molecule has 31 heavy (non-hydrogen) atoms. The summed E-state index contributed by atoms with van der Waals surface area (Å²) in [6.45, 7) is 0.561. The average molecular weight is 420 g/mol. The highest BCUT2D eigenvalue weighted by molar-refractivity contribution is 5.88. The van der Waals surface area contributed by atoms with E-state index in [1.54, 1.807) is 4.90 Å². The van der Waals surface area contributed by atoms with Gasteiger partial charge in [0.1, 0.15) is 6.04 Å². The summed E-state index contributed by atoms with van der Waals surface area (Å²) in [5.41, 5.74) is 2.39. The zero-order valence-electron chi connectivity index (χ0n) is 18.1. The van der Waals surface area contributed by atoms with Crippen LogP contribution in [-0.4, -0.2) is 41.5 Å². The van der Waals surface area contributed by atoms with E-state index in [0.717, 1.165) is 25.7 Å². The third-order valence-electron chi connectivity index (χ3n) is 6.51. The van der Waals surface area contributed by atoms with Gasteiger partial charge in [-0.05, 0) is 43.2 Å². The van der Waals surface area contributed by atoms with Crippen molar-refractivity contribution >= 4 is 11.9 Å². The zero-order valence-corrected chi connectivity index (χ0v) is 18.1. The molecule has 1 saturated carbocycles. The summed E-state index contributed by atoms with van der Waals surface area (Å²) in [4.78, 5) is 27.9. The minimum atomic E-state index is -0.442. The van der Waals surface area contributed by atoms with Gasteiger partial charge < -0.3 is 15.5 Å². The average Bonchev–Trinajstić information content (AvgIpc) is 3.15. The van der Waals surface area contributed by atoms with Gasteiger partial charge in [-0.2, -0.15) is 0 Å². The predicted octanol–water partition coefficient (Wildman–Crippen LogP) is 4.07. The molecule has 1 aliphatic carbocycles. The summed E-state index contributed by atoms with van der Waals surface area (Å²) < 4.78 is 0. The molecule has 1 saturated heterocycles. The molecule has 2 fully saturated rings. The lowest BCUT2D eigenvalue weighted by Gasteiger charge is -2.30. The van der Waals surface area contributed by atoms with Gasteiger partial charge in [-0.3, -0.25) is 4.79 Å². The minimum absolute atomic E-state index is 0.00153. The Bertz CT molecular complexity index is 849. The molecule has 5 heteroatoms. The summed E-state index contributed by atoms with van der Waals surface area (Å²) in [7, 11) is 0. The van der Waals surface area contributed by atoms with Crippen LogP contribution in [0.25, 0.3) is 0 Å². The third kappa shape index (κ3) is 5.87. The highest BCUT2D eigenvalue weighted by Gasteiger charge is 2.37. The van der Waals surface area contributed by atoms with Gasteiger partial charge in [0.05, 0.1) is 6.04 Å². The molecule has 2 aromatic rings. The van der Waals surface area contributed by atoms with Crippen molar-refractivity contribution in [1.82, 2.24) is 15.5 Å². The second-order valence-electron chi connectivity index (χ2n) is 8.87. The van der Waals surface area contributed by atoms with Crippen LogP contribution in [0.5, 0.6) is 0 Å². The first kappa shape index (κ1) is 21.4. The highest BCUT2D eigenvalue weighted by Crippen LogP contribution is 2.21. The Morgan fingerprint density at radius 1 is 0.968 bits per heavy atom. The Morgan fingerprint density at radius 2 is 1.61 bits per heavy atom. The van der Waals surface area contributed by atoms with Crippen molar-refractivity contribution in [3.05, 3.63) is 71.8 Å². The van der Waals surface area contributed by atoms with Crippen LogP contribution in [0, 0.1) is 0 Å². The van der Waals surface area contributed by atoms with Crippen molar-refractivity contribution in [3.63, 3.8) is 0 Å². The maximum Gasteiger partial charge on any atom is 0.318 e. The Hall–Kier alpha value is -2.82. The molecule has 3 amide bonds. The van der Waals surface area contributed by atoms with Gasteiger partial charge in [-0.25, -0.2) is 4.79 Å². The summed E-state index contributed by atoms with van der Waals surface area (Å²) in [6.07, 6.45) is 7.86. The Kier molecular flexibility index (Phi) is 7.23. The number of urea groups is 1. The molecule has 0 bridgehead atoms. The molecule has 2 aliphatic rings. The smallest absolute Gasteiger partial charge is 0.318 e. The zero-order chi connectivity index (χ0) is 21.5. The van der Waals surface area contributed by atoms with E-state index in [2.05, 4.69) is 34.9 Å². The molecule has 2 N–H and O–H groups in total. The van der Waals surface area contributed by atoms with Gasteiger partial charge in [0, 0.05) is 12.6 Å². The van der Waals surface area contributed by atoms with Crippen LogP contribution in [-0.2, 0) is 17.6 Å². The molecule has 1 aliphatic heterocycles. The van der Waals surface area contributed by atoms with Gasteiger partial charge in [-0.15, -0.1) is 0 Å². The van der Waals surface area contributed by atoms with Gasteiger partial charge in [0.15, 0.2) is 0 Å².